The largest absolute Gasteiger partial charge is 0.459 e. The second-order valence-electron chi connectivity index (χ2n) is 5.13. The number of aliphatic hydroxyl groups is 1. The first-order valence-electron chi connectivity index (χ1n) is 6.72. The van der Waals surface area contributed by atoms with E-state index >= 15 is 0 Å². The molecule has 3 atom stereocenters. The van der Waals surface area contributed by atoms with Gasteiger partial charge < -0.3 is 20.6 Å². The van der Waals surface area contributed by atoms with E-state index in [9.17, 15) is 5.11 Å². The van der Waals surface area contributed by atoms with Gasteiger partial charge in [-0.05, 0) is 32.4 Å². The van der Waals surface area contributed by atoms with Crippen LogP contribution in [0.2, 0.25) is 0 Å². The highest BCUT2D eigenvalue weighted by atomic mass is 16.3. The van der Waals surface area contributed by atoms with E-state index in [1.54, 1.807) is 6.92 Å². The molecule has 0 fully saturated rings. The summed E-state index contributed by atoms with van der Waals surface area (Å²) in [7, 11) is 0. The van der Waals surface area contributed by atoms with Crippen molar-refractivity contribution in [3.8, 4) is 0 Å². The Morgan fingerprint density at radius 3 is 2.68 bits per heavy atom. The monoisotopic (exact) mass is 262 g/mol. The molecule has 0 saturated heterocycles. The minimum absolute atomic E-state index is 0.0267. The van der Waals surface area contributed by atoms with Gasteiger partial charge in [-0.15, -0.1) is 0 Å². The summed E-state index contributed by atoms with van der Waals surface area (Å²) in [5.74, 6) is 0.848. The van der Waals surface area contributed by atoms with E-state index in [0.717, 1.165) is 16.7 Å². The Bertz CT molecular complexity index is 489. The Kier molecular flexibility index (Phi) is 4.58. The fraction of sp³-hybridized carbons (Fsp3) is 0.467. The summed E-state index contributed by atoms with van der Waals surface area (Å²) >= 11 is 0. The van der Waals surface area contributed by atoms with Crippen LogP contribution < -0.4 is 11.1 Å². The highest BCUT2D eigenvalue weighted by Gasteiger charge is 2.17. The van der Waals surface area contributed by atoms with E-state index in [2.05, 4.69) is 5.32 Å². The zero-order chi connectivity index (χ0) is 13.8. The Balaban J connectivity index is 2.12. The third kappa shape index (κ3) is 3.56. The van der Waals surface area contributed by atoms with Gasteiger partial charge in [0.25, 0.3) is 0 Å². The molecule has 0 amide bonds. The quantitative estimate of drug-likeness (QED) is 0.746. The van der Waals surface area contributed by atoms with E-state index < -0.39 is 0 Å². The molecule has 4 N–H and O–H groups in total. The van der Waals surface area contributed by atoms with Gasteiger partial charge in [0.2, 0.25) is 0 Å². The van der Waals surface area contributed by atoms with Crippen molar-refractivity contribution >= 4 is 11.0 Å². The van der Waals surface area contributed by atoms with Crippen molar-refractivity contribution in [3.05, 3.63) is 36.1 Å². The maximum Gasteiger partial charge on any atom is 0.134 e. The van der Waals surface area contributed by atoms with Gasteiger partial charge in [0.05, 0.1) is 12.1 Å². The molecule has 4 nitrogen and oxygen atoms in total. The van der Waals surface area contributed by atoms with E-state index in [-0.39, 0.29) is 18.2 Å². The lowest BCUT2D eigenvalue weighted by Crippen LogP contribution is -2.36. The highest BCUT2D eigenvalue weighted by molar-refractivity contribution is 5.77. The van der Waals surface area contributed by atoms with Gasteiger partial charge in [0.15, 0.2) is 0 Å². The number of fused-ring (bicyclic) bond motifs is 1. The van der Waals surface area contributed by atoms with E-state index in [1.165, 1.54) is 0 Å². The maximum absolute atomic E-state index is 9.40. The molecular formula is C15H22N2O2. The minimum Gasteiger partial charge on any atom is -0.459 e. The normalized spacial score (nSPS) is 16.4. The van der Waals surface area contributed by atoms with Crippen molar-refractivity contribution in [1.29, 1.82) is 0 Å². The van der Waals surface area contributed by atoms with Crippen LogP contribution in [0, 0.1) is 0 Å². The molecule has 0 aliphatic carbocycles. The van der Waals surface area contributed by atoms with Crippen molar-refractivity contribution in [3.63, 3.8) is 0 Å². The van der Waals surface area contributed by atoms with Crippen LogP contribution in [0.5, 0.6) is 0 Å². The molecule has 2 rings (SSSR count). The van der Waals surface area contributed by atoms with Gasteiger partial charge in [-0.1, -0.05) is 18.2 Å². The number of nitrogens with two attached hydrogens (primary N) is 1. The molecule has 0 bridgehead atoms. The van der Waals surface area contributed by atoms with Crippen LogP contribution in [-0.2, 0) is 0 Å². The summed E-state index contributed by atoms with van der Waals surface area (Å²) in [6.45, 7) is 4.29. The lowest BCUT2D eigenvalue weighted by molar-refractivity contribution is 0.167. The second-order valence-corrected chi connectivity index (χ2v) is 5.13. The average molecular weight is 262 g/mol. The maximum atomic E-state index is 9.40. The molecule has 104 valence electrons. The molecule has 3 unspecified atom stereocenters. The number of benzene rings is 1. The number of aliphatic hydroxyl groups excluding tert-OH is 1. The lowest BCUT2D eigenvalue weighted by Gasteiger charge is -2.21. The Morgan fingerprint density at radius 1 is 1.32 bits per heavy atom. The van der Waals surface area contributed by atoms with E-state index in [0.29, 0.717) is 13.0 Å². The van der Waals surface area contributed by atoms with Crippen molar-refractivity contribution in [2.75, 3.05) is 6.54 Å². The average Bonchev–Trinajstić information content (AvgIpc) is 2.78. The molecule has 4 heteroatoms. The molecule has 2 aromatic rings. The molecule has 0 aliphatic rings. The summed E-state index contributed by atoms with van der Waals surface area (Å²) in [5.41, 5.74) is 6.70. The number of hydrogen-bond donors (Lipinski definition) is 3. The summed E-state index contributed by atoms with van der Waals surface area (Å²) < 4.78 is 5.82. The number of hydrogen-bond acceptors (Lipinski definition) is 4. The molecule has 1 heterocycles. The first kappa shape index (κ1) is 14.1. The molecule has 0 saturated carbocycles. The van der Waals surface area contributed by atoms with Gasteiger partial charge >= 0.3 is 0 Å². The molecule has 0 radical (unpaired) electrons. The van der Waals surface area contributed by atoms with Gasteiger partial charge in [-0.3, -0.25) is 0 Å². The Hall–Kier alpha value is -1.36. The van der Waals surface area contributed by atoms with Crippen LogP contribution in [0.1, 0.15) is 32.1 Å². The third-order valence-electron chi connectivity index (χ3n) is 3.20. The molecule has 0 aliphatic heterocycles. The Morgan fingerprint density at radius 2 is 2.05 bits per heavy atom. The second kappa shape index (κ2) is 6.19. The van der Waals surface area contributed by atoms with Crippen molar-refractivity contribution in [1.82, 2.24) is 5.32 Å². The van der Waals surface area contributed by atoms with Crippen LogP contribution in [-0.4, -0.2) is 23.8 Å². The van der Waals surface area contributed by atoms with Crippen LogP contribution in [0.15, 0.2) is 34.7 Å². The Labute approximate surface area is 113 Å². The SMILES string of the molecule is CC(O)CC(C)NC(CN)c1cc2ccccc2o1. The number of furan rings is 1. The molecule has 19 heavy (non-hydrogen) atoms. The predicted octanol–water partition coefficient (Wildman–Crippen LogP) is 2.18. The molecule has 1 aromatic heterocycles. The van der Waals surface area contributed by atoms with Crippen LogP contribution in [0.25, 0.3) is 11.0 Å². The van der Waals surface area contributed by atoms with E-state index in [4.69, 9.17) is 10.2 Å². The van der Waals surface area contributed by atoms with Crippen molar-refractivity contribution in [2.45, 2.75) is 38.5 Å². The zero-order valence-corrected chi connectivity index (χ0v) is 11.5. The van der Waals surface area contributed by atoms with Gasteiger partial charge in [-0.2, -0.15) is 0 Å². The molecule has 0 spiro atoms. The van der Waals surface area contributed by atoms with Crippen LogP contribution >= 0.6 is 0 Å². The highest BCUT2D eigenvalue weighted by Crippen LogP contribution is 2.23. The first-order chi connectivity index (χ1) is 9.10. The van der Waals surface area contributed by atoms with Gasteiger partial charge in [-0.25, -0.2) is 0 Å². The predicted molar refractivity (Wildman–Crippen MR) is 76.9 cm³/mol. The van der Waals surface area contributed by atoms with Crippen LogP contribution in [0.3, 0.4) is 0 Å². The molecular weight excluding hydrogens is 240 g/mol. The minimum atomic E-state index is -0.323. The summed E-state index contributed by atoms with van der Waals surface area (Å²) in [5, 5.41) is 13.9. The zero-order valence-electron chi connectivity index (χ0n) is 11.5. The smallest absolute Gasteiger partial charge is 0.134 e. The van der Waals surface area contributed by atoms with Gasteiger partial charge in [0, 0.05) is 18.0 Å². The van der Waals surface area contributed by atoms with Crippen LogP contribution in [0.4, 0.5) is 0 Å². The summed E-state index contributed by atoms with van der Waals surface area (Å²) in [6, 6.07) is 10.1. The number of rotatable bonds is 6. The van der Waals surface area contributed by atoms with Crippen molar-refractivity contribution in [2.24, 2.45) is 5.73 Å². The topological polar surface area (TPSA) is 71.4 Å². The van der Waals surface area contributed by atoms with E-state index in [1.807, 2.05) is 37.3 Å². The standard InChI is InChI=1S/C15H22N2O2/c1-10(7-11(2)18)17-13(9-16)15-8-12-5-3-4-6-14(12)19-15/h3-6,8,10-11,13,17-18H,7,9,16H2,1-2H3. The molecule has 1 aromatic carbocycles. The first-order valence-corrected chi connectivity index (χ1v) is 6.72. The summed E-state index contributed by atoms with van der Waals surface area (Å²) in [4.78, 5) is 0. The van der Waals surface area contributed by atoms with Crippen molar-refractivity contribution < 1.29 is 9.52 Å². The summed E-state index contributed by atoms with van der Waals surface area (Å²) in [6.07, 6.45) is 0.369. The fourth-order valence-corrected chi connectivity index (χ4v) is 2.36. The third-order valence-corrected chi connectivity index (χ3v) is 3.20. The number of nitrogens with one attached hydrogen (secondary N) is 1. The fourth-order valence-electron chi connectivity index (χ4n) is 2.36. The lowest BCUT2D eigenvalue weighted by atomic mass is 10.1. The van der Waals surface area contributed by atoms with Gasteiger partial charge in [0.1, 0.15) is 11.3 Å². The number of para-hydroxylation sites is 1.